The Kier molecular flexibility index (Phi) is 3.71. The second kappa shape index (κ2) is 5.10. The number of ether oxygens (including phenoxy) is 1. The molecule has 0 saturated carbocycles. The second-order valence-corrected chi connectivity index (χ2v) is 5.71. The summed E-state index contributed by atoms with van der Waals surface area (Å²) in [6.45, 7) is 7.56. The molecule has 2 rings (SSSR count). The van der Waals surface area contributed by atoms with Gasteiger partial charge < -0.3 is 10.1 Å². The van der Waals surface area contributed by atoms with E-state index in [2.05, 4.69) is 10.4 Å². The zero-order chi connectivity index (χ0) is 13.2. The predicted octanol–water partition coefficient (Wildman–Crippen LogP) is 1.76. The van der Waals surface area contributed by atoms with Crippen molar-refractivity contribution in [3.8, 4) is 0 Å². The Morgan fingerprint density at radius 2 is 2.33 bits per heavy atom. The molecule has 1 aromatic heterocycles. The van der Waals surface area contributed by atoms with E-state index < -0.39 is 5.60 Å². The average Bonchev–Trinajstić information content (AvgIpc) is 2.77. The molecule has 1 fully saturated rings. The Morgan fingerprint density at radius 3 is 2.94 bits per heavy atom. The standard InChI is InChI=1S/C13H21N3O2/c1-13(2,3)18-12(17)10-7-15-16(9-10)11-5-4-6-14-8-11/h7,9,11,14H,4-6,8H2,1-3H3. The summed E-state index contributed by atoms with van der Waals surface area (Å²) in [4.78, 5) is 11.9. The summed E-state index contributed by atoms with van der Waals surface area (Å²) in [7, 11) is 0. The monoisotopic (exact) mass is 251 g/mol. The van der Waals surface area contributed by atoms with Gasteiger partial charge in [-0.2, -0.15) is 5.10 Å². The van der Waals surface area contributed by atoms with E-state index in [1.165, 1.54) is 0 Å². The van der Waals surface area contributed by atoms with Crippen LogP contribution in [0.4, 0.5) is 0 Å². The fourth-order valence-corrected chi connectivity index (χ4v) is 2.04. The van der Waals surface area contributed by atoms with E-state index in [-0.39, 0.29) is 5.97 Å². The van der Waals surface area contributed by atoms with Crippen LogP contribution in [-0.4, -0.2) is 34.4 Å². The third kappa shape index (κ3) is 3.32. The zero-order valence-electron chi connectivity index (χ0n) is 11.3. The lowest BCUT2D eigenvalue weighted by Gasteiger charge is -2.23. The smallest absolute Gasteiger partial charge is 0.341 e. The molecule has 2 heterocycles. The molecule has 1 atom stereocenters. The van der Waals surface area contributed by atoms with Crippen molar-refractivity contribution in [2.45, 2.75) is 45.3 Å². The number of piperidine rings is 1. The second-order valence-electron chi connectivity index (χ2n) is 5.71. The first-order chi connectivity index (χ1) is 8.46. The molecule has 100 valence electrons. The van der Waals surface area contributed by atoms with E-state index in [0.29, 0.717) is 11.6 Å². The van der Waals surface area contributed by atoms with Crippen LogP contribution in [0.25, 0.3) is 0 Å². The van der Waals surface area contributed by atoms with Crippen LogP contribution in [0.15, 0.2) is 12.4 Å². The lowest BCUT2D eigenvalue weighted by Crippen LogP contribution is -2.31. The summed E-state index contributed by atoms with van der Waals surface area (Å²) in [5.74, 6) is -0.308. The fourth-order valence-electron chi connectivity index (χ4n) is 2.04. The molecule has 0 spiro atoms. The van der Waals surface area contributed by atoms with Crippen molar-refractivity contribution in [2.75, 3.05) is 13.1 Å². The van der Waals surface area contributed by atoms with Gasteiger partial charge in [0.2, 0.25) is 0 Å². The maximum atomic E-state index is 11.9. The lowest BCUT2D eigenvalue weighted by atomic mass is 10.1. The Labute approximate surface area is 108 Å². The number of rotatable bonds is 2. The highest BCUT2D eigenvalue weighted by Crippen LogP contribution is 2.17. The summed E-state index contributed by atoms with van der Waals surface area (Å²) in [6.07, 6.45) is 5.61. The van der Waals surface area contributed by atoms with Gasteiger partial charge in [0.25, 0.3) is 0 Å². The fraction of sp³-hybridized carbons (Fsp3) is 0.692. The largest absolute Gasteiger partial charge is 0.456 e. The van der Waals surface area contributed by atoms with Crippen LogP contribution in [0.2, 0.25) is 0 Å². The molecule has 0 aliphatic carbocycles. The summed E-state index contributed by atoms with van der Waals surface area (Å²) in [6, 6.07) is 0.343. The molecule has 5 nitrogen and oxygen atoms in total. The topological polar surface area (TPSA) is 56.1 Å². The van der Waals surface area contributed by atoms with Gasteiger partial charge in [0.1, 0.15) is 5.60 Å². The van der Waals surface area contributed by atoms with Crippen LogP contribution < -0.4 is 5.32 Å². The van der Waals surface area contributed by atoms with E-state index in [0.717, 1.165) is 25.9 Å². The number of nitrogens with one attached hydrogen (secondary N) is 1. The van der Waals surface area contributed by atoms with Crippen molar-refractivity contribution in [1.82, 2.24) is 15.1 Å². The molecule has 1 aliphatic rings. The van der Waals surface area contributed by atoms with Crippen LogP contribution in [0.1, 0.15) is 50.0 Å². The van der Waals surface area contributed by atoms with Crippen LogP contribution in [-0.2, 0) is 4.74 Å². The molecule has 1 aromatic rings. The highest BCUT2D eigenvalue weighted by Gasteiger charge is 2.21. The van der Waals surface area contributed by atoms with E-state index >= 15 is 0 Å². The Bertz CT molecular complexity index is 414. The molecule has 0 amide bonds. The van der Waals surface area contributed by atoms with Crippen LogP contribution in [0.5, 0.6) is 0 Å². The van der Waals surface area contributed by atoms with Crippen molar-refractivity contribution < 1.29 is 9.53 Å². The molecule has 0 aromatic carbocycles. The van der Waals surface area contributed by atoms with E-state index in [9.17, 15) is 4.79 Å². The number of carbonyl (C=O) groups excluding carboxylic acids is 1. The molecule has 1 aliphatic heterocycles. The zero-order valence-corrected chi connectivity index (χ0v) is 11.3. The van der Waals surface area contributed by atoms with Crippen molar-refractivity contribution in [3.63, 3.8) is 0 Å². The summed E-state index contributed by atoms with van der Waals surface area (Å²) in [5, 5.41) is 7.60. The molecule has 0 radical (unpaired) electrons. The Balaban J connectivity index is 2.03. The number of aromatic nitrogens is 2. The lowest BCUT2D eigenvalue weighted by molar-refractivity contribution is 0.00694. The molecule has 18 heavy (non-hydrogen) atoms. The van der Waals surface area contributed by atoms with Gasteiger partial charge in [-0.3, -0.25) is 4.68 Å². The van der Waals surface area contributed by atoms with Crippen LogP contribution in [0.3, 0.4) is 0 Å². The first-order valence-corrected chi connectivity index (χ1v) is 6.44. The van der Waals surface area contributed by atoms with Crippen LogP contribution in [0, 0.1) is 0 Å². The molecule has 1 unspecified atom stereocenters. The van der Waals surface area contributed by atoms with Gasteiger partial charge in [-0.1, -0.05) is 0 Å². The molecule has 0 bridgehead atoms. The van der Waals surface area contributed by atoms with Gasteiger partial charge in [-0.25, -0.2) is 4.79 Å². The maximum Gasteiger partial charge on any atom is 0.341 e. The highest BCUT2D eigenvalue weighted by molar-refractivity contribution is 5.89. The van der Waals surface area contributed by atoms with Gasteiger partial charge in [-0.05, 0) is 40.2 Å². The first kappa shape index (κ1) is 13.1. The Hall–Kier alpha value is -1.36. The normalized spacial score (nSPS) is 20.7. The first-order valence-electron chi connectivity index (χ1n) is 6.44. The van der Waals surface area contributed by atoms with Gasteiger partial charge in [0, 0.05) is 12.7 Å². The van der Waals surface area contributed by atoms with E-state index in [1.54, 1.807) is 12.4 Å². The SMILES string of the molecule is CC(C)(C)OC(=O)c1cnn(C2CCCNC2)c1. The Morgan fingerprint density at radius 1 is 1.56 bits per heavy atom. The average molecular weight is 251 g/mol. The van der Waals surface area contributed by atoms with Crippen molar-refractivity contribution in [3.05, 3.63) is 18.0 Å². The minimum atomic E-state index is -0.467. The van der Waals surface area contributed by atoms with Gasteiger partial charge in [0.15, 0.2) is 0 Å². The molecule has 1 N–H and O–H groups in total. The number of esters is 1. The molecular weight excluding hydrogens is 230 g/mol. The van der Waals surface area contributed by atoms with E-state index in [1.807, 2.05) is 25.5 Å². The molecule has 1 saturated heterocycles. The third-order valence-corrected chi connectivity index (χ3v) is 2.88. The summed E-state index contributed by atoms with van der Waals surface area (Å²) < 4.78 is 7.18. The van der Waals surface area contributed by atoms with Crippen molar-refractivity contribution >= 4 is 5.97 Å². The van der Waals surface area contributed by atoms with Gasteiger partial charge in [0.05, 0.1) is 17.8 Å². The molecule has 5 heteroatoms. The van der Waals surface area contributed by atoms with Crippen molar-refractivity contribution in [2.24, 2.45) is 0 Å². The van der Waals surface area contributed by atoms with E-state index in [4.69, 9.17) is 4.74 Å². The minimum Gasteiger partial charge on any atom is -0.456 e. The predicted molar refractivity (Wildman–Crippen MR) is 68.5 cm³/mol. The summed E-state index contributed by atoms with van der Waals surface area (Å²) >= 11 is 0. The van der Waals surface area contributed by atoms with Gasteiger partial charge >= 0.3 is 5.97 Å². The van der Waals surface area contributed by atoms with Crippen LogP contribution >= 0.6 is 0 Å². The maximum absolute atomic E-state index is 11.9. The van der Waals surface area contributed by atoms with Crippen molar-refractivity contribution in [1.29, 1.82) is 0 Å². The number of hydrogen-bond donors (Lipinski definition) is 1. The summed E-state index contributed by atoms with van der Waals surface area (Å²) in [5.41, 5.74) is 0.0569. The quantitative estimate of drug-likeness (QED) is 0.814. The van der Waals surface area contributed by atoms with Gasteiger partial charge in [-0.15, -0.1) is 0 Å². The number of hydrogen-bond acceptors (Lipinski definition) is 4. The highest BCUT2D eigenvalue weighted by atomic mass is 16.6. The third-order valence-electron chi connectivity index (χ3n) is 2.88. The number of nitrogens with zero attached hydrogens (tertiary/aromatic N) is 2. The minimum absolute atomic E-state index is 0.308. The molecular formula is C13H21N3O2. The number of carbonyl (C=O) groups is 1.